The zero-order chi connectivity index (χ0) is 12.4. The van der Waals surface area contributed by atoms with Crippen LogP contribution in [0, 0.1) is 11.6 Å². The number of halogens is 4. The smallest absolute Gasteiger partial charge is 0.260 e. The minimum Gasteiger partial charge on any atom is -0.435 e. The van der Waals surface area contributed by atoms with Crippen LogP contribution in [-0.4, -0.2) is 9.97 Å². The molecule has 0 fully saturated rings. The van der Waals surface area contributed by atoms with E-state index in [4.69, 9.17) is 27.9 Å². The zero-order valence-corrected chi connectivity index (χ0v) is 9.64. The lowest BCUT2D eigenvalue weighted by atomic mass is 10.3. The third-order valence-corrected chi connectivity index (χ3v) is 2.26. The van der Waals surface area contributed by atoms with Crippen LogP contribution in [-0.2, 0) is 0 Å². The Bertz CT molecular complexity index is 566. The van der Waals surface area contributed by atoms with Crippen molar-refractivity contribution in [2.24, 2.45) is 0 Å². The van der Waals surface area contributed by atoms with Gasteiger partial charge in [0.25, 0.3) is 5.88 Å². The molecule has 0 N–H and O–H groups in total. The molecule has 0 radical (unpaired) electrons. The number of hydrogen-bond donors (Lipinski definition) is 0. The fourth-order valence-electron chi connectivity index (χ4n) is 1.06. The van der Waals surface area contributed by atoms with E-state index in [0.717, 1.165) is 18.3 Å². The molecule has 0 unspecified atom stereocenters. The van der Waals surface area contributed by atoms with E-state index in [1.54, 1.807) is 0 Å². The predicted octanol–water partition coefficient (Wildman–Crippen LogP) is 3.85. The van der Waals surface area contributed by atoms with E-state index >= 15 is 0 Å². The van der Waals surface area contributed by atoms with Crippen molar-refractivity contribution >= 4 is 23.2 Å². The zero-order valence-electron chi connectivity index (χ0n) is 8.12. The van der Waals surface area contributed by atoms with Gasteiger partial charge in [0.05, 0.1) is 11.2 Å². The average molecular weight is 277 g/mol. The highest BCUT2D eigenvalue weighted by molar-refractivity contribution is 6.32. The van der Waals surface area contributed by atoms with Crippen LogP contribution in [0.1, 0.15) is 0 Å². The van der Waals surface area contributed by atoms with E-state index in [0.29, 0.717) is 0 Å². The van der Waals surface area contributed by atoms with Gasteiger partial charge in [-0.05, 0) is 29.8 Å². The summed E-state index contributed by atoms with van der Waals surface area (Å²) in [6.45, 7) is 0. The lowest BCUT2D eigenvalue weighted by Crippen LogP contribution is -1.95. The van der Waals surface area contributed by atoms with Gasteiger partial charge in [0.1, 0.15) is 11.6 Å². The van der Waals surface area contributed by atoms with Crippen molar-refractivity contribution in [3.05, 3.63) is 46.3 Å². The Morgan fingerprint density at radius 3 is 2.65 bits per heavy atom. The molecule has 3 nitrogen and oxygen atoms in total. The van der Waals surface area contributed by atoms with Crippen molar-refractivity contribution in [1.82, 2.24) is 9.97 Å². The van der Waals surface area contributed by atoms with Crippen LogP contribution < -0.4 is 4.74 Å². The van der Waals surface area contributed by atoms with Gasteiger partial charge in [-0.2, -0.15) is 9.37 Å². The Morgan fingerprint density at radius 1 is 1.18 bits per heavy atom. The van der Waals surface area contributed by atoms with Gasteiger partial charge >= 0.3 is 0 Å². The van der Waals surface area contributed by atoms with Crippen LogP contribution in [0.25, 0.3) is 0 Å². The molecule has 1 aromatic heterocycles. The van der Waals surface area contributed by atoms with E-state index in [1.165, 1.54) is 6.07 Å². The lowest BCUT2D eigenvalue weighted by molar-refractivity contribution is 0.419. The van der Waals surface area contributed by atoms with Crippen LogP contribution >= 0.6 is 23.2 Å². The lowest BCUT2D eigenvalue weighted by Gasteiger charge is -2.07. The van der Waals surface area contributed by atoms with E-state index in [9.17, 15) is 8.78 Å². The molecule has 17 heavy (non-hydrogen) atoms. The van der Waals surface area contributed by atoms with Crippen LogP contribution in [0.15, 0.2) is 24.4 Å². The van der Waals surface area contributed by atoms with Gasteiger partial charge in [-0.1, -0.05) is 11.6 Å². The maximum absolute atomic E-state index is 13.2. The Morgan fingerprint density at radius 2 is 1.94 bits per heavy atom. The van der Waals surface area contributed by atoms with Gasteiger partial charge in [-0.15, -0.1) is 0 Å². The van der Waals surface area contributed by atoms with Crippen LogP contribution in [0.3, 0.4) is 0 Å². The summed E-state index contributed by atoms with van der Waals surface area (Å²) < 4.78 is 31.1. The quantitative estimate of drug-likeness (QED) is 0.782. The third kappa shape index (κ3) is 2.81. The van der Waals surface area contributed by atoms with Crippen LogP contribution in [0.4, 0.5) is 8.78 Å². The Balaban J connectivity index is 2.34. The molecule has 1 heterocycles. The van der Waals surface area contributed by atoms with Gasteiger partial charge in [0.2, 0.25) is 11.1 Å². The summed E-state index contributed by atoms with van der Waals surface area (Å²) in [4.78, 5) is 6.96. The third-order valence-electron chi connectivity index (χ3n) is 1.78. The molecule has 88 valence electrons. The summed E-state index contributed by atoms with van der Waals surface area (Å²) in [5.74, 6) is -1.63. The molecule has 7 heteroatoms. The van der Waals surface area contributed by atoms with E-state index in [1.807, 2.05) is 0 Å². The highest BCUT2D eigenvalue weighted by Crippen LogP contribution is 2.30. The summed E-state index contributed by atoms with van der Waals surface area (Å²) >= 11 is 11.2. The molecular formula is C10H4Cl2F2N2O. The Kier molecular flexibility index (Phi) is 3.40. The van der Waals surface area contributed by atoms with Gasteiger partial charge in [-0.25, -0.2) is 9.37 Å². The summed E-state index contributed by atoms with van der Waals surface area (Å²) in [6, 6.07) is 3.42. The first-order valence-electron chi connectivity index (χ1n) is 4.37. The molecule has 0 saturated carbocycles. The van der Waals surface area contributed by atoms with Gasteiger partial charge in [0, 0.05) is 0 Å². The fourth-order valence-corrected chi connectivity index (χ4v) is 1.40. The first-order valence-corrected chi connectivity index (χ1v) is 5.13. The largest absolute Gasteiger partial charge is 0.435 e. The van der Waals surface area contributed by atoms with Crippen molar-refractivity contribution in [2.45, 2.75) is 0 Å². The van der Waals surface area contributed by atoms with Crippen molar-refractivity contribution < 1.29 is 13.5 Å². The van der Waals surface area contributed by atoms with Crippen molar-refractivity contribution in [2.75, 3.05) is 0 Å². The molecule has 0 aliphatic carbocycles. The van der Waals surface area contributed by atoms with Gasteiger partial charge < -0.3 is 4.74 Å². The highest BCUT2D eigenvalue weighted by atomic mass is 35.5. The fraction of sp³-hybridized carbons (Fsp3) is 0. The van der Waals surface area contributed by atoms with Crippen LogP contribution in [0.2, 0.25) is 10.3 Å². The predicted molar refractivity (Wildman–Crippen MR) is 58.5 cm³/mol. The SMILES string of the molecule is Fc1ccc(Oc2nc(Cl)ncc2F)c(Cl)c1. The minimum absolute atomic E-state index is 0.000801. The number of rotatable bonds is 2. The monoisotopic (exact) mass is 276 g/mol. The van der Waals surface area contributed by atoms with Crippen molar-refractivity contribution in [3.8, 4) is 11.6 Å². The minimum atomic E-state index is -0.796. The molecule has 0 amide bonds. The van der Waals surface area contributed by atoms with E-state index in [2.05, 4.69) is 9.97 Å². The van der Waals surface area contributed by atoms with Gasteiger partial charge in [0.15, 0.2) is 0 Å². The molecule has 0 saturated heterocycles. The first kappa shape index (κ1) is 12.0. The summed E-state index contributed by atoms with van der Waals surface area (Å²) in [6.07, 6.45) is 0.863. The molecular weight excluding hydrogens is 273 g/mol. The second-order valence-corrected chi connectivity index (χ2v) is 3.71. The molecule has 0 atom stereocenters. The van der Waals surface area contributed by atoms with Crippen molar-refractivity contribution in [3.63, 3.8) is 0 Å². The number of ether oxygens (including phenoxy) is 1. The highest BCUT2D eigenvalue weighted by Gasteiger charge is 2.11. The first-order chi connectivity index (χ1) is 8.06. The van der Waals surface area contributed by atoms with E-state index < -0.39 is 11.6 Å². The standard InChI is InChI=1S/C10H4Cl2F2N2O/c11-6-3-5(13)1-2-8(6)17-9-7(14)4-15-10(12)16-9/h1-4H. The molecule has 0 aliphatic heterocycles. The number of nitrogens with zero attached hydrogens (tertiary/aromatic N) is 2. The molecule has 1 aromatic carbocycles. The second kappa shape index (κ2) is 4.81. The Hall–Kier alpha value is -1.46. The second-order valence-electron chi connectivity index (χ2n) is 2.97. The van der Waals surface area contributed by atoms with E-state index in [-0.39, 0.29) is 21.9 Å². The topological polar surface area (TPSA) is 35.0 Å². The molecule has 0 spiro atoms. The number of benzene rings is 1. The molecule has 2 aromatic rings. The summed E-state index contributed by atoms with van der Waals surface area (Å²) in [5.41, 5.74) is 0. The molecule has 2 rings (SSSR count). The van der Waals surface area contributed by atoms with Crippen molar-refractivity contribution in [1.29, 1.82) is 0 Å². The number of hydrogen-bond acceptors (Lipinski definition) is 3. The maximum Gasteiger partial charge on any atom is 0.260 e. The normalized spacial score (nSPS) is 10.4. The summed E-state index contributed by atoms with van der Waals surface area (Å²) in [5, 5.41) is -0.168. The average Bonchev–Trinajstić information content (AvgIpc) is 2.27. The van der Waals surface area contributed by atoms with Gasteiger partial charge in [-0.3, -0.25) is 0 Å². The number of aromatic nitrogens is 2. The van der Waals surface area contributed by atoms with Crippen LogP contribution in [0.5, 0.6) is 11.6 Å². The molecule has 0 bridgehead atoms. The summed E-state index contributed by atoms with van der Waals surface area (Å²) in [7, 11) is 0. The Labute approximate surface area is 105 Å². The molecule has 0 aliphatic rings. The maximum atomic E-state index is 13.2.